The van der Waals surface area contributed by atoms with E-state index < -0.39 is 6.10 Å². The second-order valence-electron chi connectivity index (χ2n) is 5.03. The van der Waals surface area contributed by atoms with E-state index in [2.05, 4.69) is 4.98 Å². The van der Waals surface area contributed by atoms with Gasteiger partial charge < -0.3 is 10.8 Å². The number of anilines is 1. The molecule has 98 valence electrons. The zero-order chi connectivity index (χ0) is 13.0. The number of Topliss-reactive ketones (excluding diaryl/α,β-unsaturated/α-hetero) is 1. The molecule has 1 aromatic heterocycles. The number of nitrogens with zero attached hydrogens (tertiary/aromatic N) is 1. The zero-order valence-electron chi connectivity index (χ0n) is 10.5. The molecule has 0 saturated heterocycles. The molecule has 1 heterocycles. The molecule has 1 aromatic rings. The zero-order valence-corrected chi connectivity index (χ0v) is 10.5. The molecule has 1 fully saturated rings. The topological polar surface area (TPSA) is 76.2 Å². The van der Waals surface area contributed by atoms with Crippen molar-refractivity contribution in [3.8, 4) is 0 Å². The van der Waals surface area contributed by atoms with Crippen LogP contribution in [0, 0.1) is 5.92 Å². The third-order valence-corrected chi connectivity index (χ3v) is 3.72. The first-order chi connectivity index (χ1) is 8.68. The van der Waals surface area contributed by atoms with Gasteiger partial charge in [-0.1, -0.05) is 25.3 Å². The molecule has 1 atom stereocenters. The number of aliphatic hydroxyl groups is 1. The van der Waals surface area contributed by atoms with Gasteiger partial charge in [0.15, 0.2) is 5.78 Å². The fourth-order valence-electron chi connectivity index (χ4n) is 2.61. The number of carbonyl (C=O) groups is 1. The van der Waals surface area contributed by atoms with E-state index >= 15 is 0 Å². The lowest BCUT2D eigenvalue weighted by Crippen LogP contribution is -2.32. The summed E-state index contributed by atoms with van der Waals surface area (Å²) in [6.45, 7) is 0. The lowest BCUT2D eigenvalue weighted by molar-refractivity contribution is -0.129. The van der Waals surface area contributed by atoms with E-state index in [0.717, 1.165) is 25.7 Å². The highest BCUT2D eigenvalue weighted by molar-refractivity contribution is 5.86. The molecule has 0 aliphatic heterocycles. The lowest BCUT2D eigenvalue weighted by atomic mass is 9.83. The normalized spacial score (nSPS) is 18.5. The number of aromatic nitrogens is 1. The van der Waals surface area contributed by atoms with Crippen LogP contribution in [-0.2, 0) is 11.2 Å². The summed E-state index contributed by atoms with van der Waals surface area (Å²) in [5.74, 6) is 0.368. The van der Waals surface area contributed by atoms with Crippen LogP contribution in [0.1, 0.15) is 37.7 Å². The van der Waals surface area contributed by atoms with E-state index in [0.29, 0.717) is 11.4 Å². The van der Waals surface area contributed by atoms with Gasteiger partial charge in [-0.3, -0.25) is 4.79 Å². The molecule has 3 N–H and O–H groups in total. The van der Waals surface area contributed by atoms with Crippen molar-refractivity contribution in [3.63, 3.8) is 0 Å². The van der Waals surface area contributed by atoms with Gasteiger partial charge >= 0.3 is 0 Å². The summed E-state index contributed by atoms with van der Waals surface area (Å²) in [6.07, 6.45) is 6.29. The second-order valence-corrected chi connectivity index (χ2v) is 5.03. The molecular formula is C14H20N2O2. The van der Waals surface area contributed by atoms with Crippen molar-refractivity contribution in [2.24, 2.45) is 5.92 Å². The Balaban J connectivity index is 1.97. The number of ketones is 1. The van der Waals surface area contributed by atoms with Crippen LogP contribution in [0.4, 0.5) is 5.82 Å². The monoisotopic (exact) mass is 248 g/mol. The predicted octanol–water partition coefficient (Wildman–Crippen LogP) is 1.72. The van der Waals surface area contributed by atoms with E-state index in [1.54, 1.807) is 18.3 Å². The molecule has 4 heteroatoms. The van der Waals surface area contributed by atoms with Crippen LogP contribution in [0.2, 0.25) is 0 Å². The smallest absolute Gasteiger partial charge is 0.166 e. The minimum Gasteiger partial charge on any atom is -0.385 e. The van der Waals surface area contributed by atoms with Crippen molar-refractivity contribution in [1.29, 1.82) is 0 Å². The molecule has 4 nitrogen and oxygen atoms in total. The number of pyridine rings is 1. The van der Waals surface area contributed by atoms with Gasteiger partial charge in [-0.05, 0) is 24.8 Å². The molecule has 1 unspecified atom stereocenters. The highest BCUT2D eigenvalue weighted by atomic mass is 16.3. The SMILES string of the molecule is Nc1ncccc1CC(=O)C(O)C1CCCCC1. The molecule has 18 heavy (non-hydrogen) atoms. The van der Waals surface area contributed by atoms with Gasteiger partial charge in [0, 0.05) is 18.2 Å². The Labute approximate surface area is 107 Å². The van der Waals surface area contributed by atoms with Crippen LogP contribution in [0.3, 0.4) is 0 Å². The molecule has 2 rings (SSSR count). The maximum atomic E-state index is 12.0. The van der Waals surface area contributed by atoms with Crippen molar-refractivity contribution in [2.75, 3.05) is 5.73 Å². The third kappa shape index (κ3) is 3.07. The molecule has 0 bridgehead atoms. The molecular weight excluding hydrogens is 228 g/mol. The summed E-state index contributed by atoms with van der Waals surface area (Å²) in [5.41, 5.74) is 6.41. The van der Waals surface area contributed by atoms with Crippen molar-refractivity contribution in [1.82, 2.24) is 4.98 Å². The van der Waals surface area contributed by atoms with E-state index in [1.807, 2.05) is 0 Å². The number of hydrogen-bond acceptors (Lipinski definition) is 4. The highest BCUT2D eigenvalue weighted by Crippen LogP contribution is 2.27. The lowest BCUT2D eigenvalue weighted by Gasteiger charge is -2.25. The number of nitrogens with two attached hydrogens (primary N) is 1. The predicted molar refractivity (Wildman–Crippen MR) is 69.9 cm³/mol. The van der Waals surface area contributed by atoms with Crippen LogP contribution < -0.4 is 5.73 Å². The van der Waals surface area contributed by atoms with Gasteiger partial charge in [0.2, 0.25) is 0 Å². The van der Waals surface area contributed by atoms with E-state index in [-0.39, 0.29) is 18.1 Å². The minimum atomic E-state index is -0.843. The second kappa shape index (κ2) is 5.96. The van der Waals surface area contributed by atoms with Gasteiger partial charge in [0.25, 0.3) is 0 Å². The molecule has 0 amide bonds. The summed E-state index contributed by atoms with van der Waals surface area (Å²) < 4.78 is 0. The van der Waals surface area contributed by atoms with Crippen LogP contribution in [0.15, 0.2) is 18.3 Å². The summed E-state index contributed by atoms with van der Waals surface area (Å²) in [5, 5.41) is 10.1. The Hall–Kier alpha value is -1.42. The maximum absolute atomic E-state index is 12.0. The number of carbonyl (C=O) groups excluding carboxylic acids is 1. The van der Waals surface area contributed by atoms with Crippen LogP contribution >= 0.6 is 0 Å². The average Bonchev–Trinajstić information content (AvgIpc) is 2.41. The minimum absolute atomic E-state index is 0.129. The Morgan fingerprint density at radius 3 is 2.83 bits per heavy atom. The van der Waals surface area contributed by atoms with Crippen LogP contribution in [0.5, 0.6) is 0 Å². The van der Waals surface area contributed by atoms with E-state index in [9.17, 15) is 9.90 Å². The van der Waals surface area contributed by atoms with Crippen LogP contribution in [0.25, 0.3) is 0 Å². The van der Waals surface area contributed by atoms with Gasteiger partial charge in [-0.2, -0.15) is 0 Å². The molecule has 0 spiro atoms. The van der Waals surface area contributed by atoms with E-state index in [4.69, 9.17) is 5.73 Å². The average molecular weight is 248 g/mol. The Bertz CT molecular complexity index is 414. The van der Waals surface area contributed by atoms with Gasteiger partial charge in [-0.15, -0.1) is 0 Å². The van der Waals surface area contributed by atoms with Gasteiger partial charge in [0.05, 0.1) is 0 Å². The summed E-state index contributed by atoms with van der Waals surface area (Å²) in [6, 6.07) is 3.54. The van der Waals surface area contributed by atoms with Gasteiger partial charge in [0.1, 0.15) is 11.9 Å². The highest BCUT2D eigenvalue weighted by Gasteiger charge is 2.27. The van der Waals surface area contributed by atoms with Crippen LogP contribution in [-0.4, -0.2) is 22.0 Å². The largest absolute Gasteiger partial charge is 0.385 e. The molecule has 1 saturated carbocycles. The number of rotatable bonds is 4. The fourth-order valence-corrected chi connectivity index (χ4v) is 2.61. The third-order valence-electron chi connectivity index (χ3n) is 3.72. The summed E-state index contributed by atoms with van der Waals surface area (Å²) >= 11 is 0. The molecule has 1 aliphatic rings. The number of hydrogen-bond donors (Lipinski definition) is 2. The maximum Gasteiger partial charge on any atom is 0.166 e. The standard InChI is InChI=1S/C14H20N2O2/c15-14-11(7-4-8-16-14)9-12(17)13(18)10-5-2-1-3-6-10/h4,7-8,10,13,18H,1-3,5-6,9H2,(H2,15,16). The number of aliphatic hydroxyl groups excluding tert-OH is 1. The Morgan fingerprint density at radius 1 is 1.44 bits per heavy atom. The molecule has 0 radical (unpaired) electrons. The Morgan fingerprint density at radius 2 is 2.17 bits per heavy atom. The van der Waals surface area contributed by atoms with Crippen molar-refractivity contribution >= 4 is 11.6 Å². The van der Waals surface area contributed by atoms with Gasteiger partial charge in [-0.25, -0.2) is 4.98 Å². The van der Waals surface area contributed by atoms with Crippen molar-refractivity contribution in [3.05, 3.63) is 23.9 Å². The molecule has 0 aromatic carbocycles. The quantitative estimate of drug-likeness (QED) is 0.850. The Kier molecular flexibility index (Phi) is 4.31. The fraction of sp³-hybridized carbons (Fsp3) is 0.571. The van der Waals surface area contributed by atoms with Crippen molar-refractivity contribution < 1.29 is 9.90 Å². The molecule has 1 aliphatic carbocycles. The summed E-state index contributed by atoms with van der Waals surface area (Å²) in [4.78, 5) is 16.0. The van der Waals surface area contributed by atoms with Crippen molar-refractivity contribution in [2.45, 2.75) is 44.6 Å². The first-order valence-electron chi connectivity index (χ1n) is 6.58. The first-order valence-corrected chi connectivity index (χ1v) is 6.58. The first kappa shape index (κ1) is 13.0. The van der Waals surface area contributed by atoms with E-state index in [1.165, 1.54) is 6.42 Å². The summed E-state index contributed by atoms with van der Waals surface area (Å²) in [7, 11) is 0. The number of nitrogen functional groups attached to an aromatic ring is 1.